The Morgan fingerprint density at radius 1 is 1.60 bits per heavy atom. The van der Waals surface area contributed by atoms with Crippen molar-refractivity contribution < 1.29 is 4.79 Å². The molecule has 0 saturated carbocycles. The van der Waals surface area contributed by atoms with Crippen molar-refractivity contribution >= 4 is 29.3 Å². The lowest BCUT2D eigenvalue weighted by Crippen LogP contribution is -2.39. The first-order chi connectivity index (χ1) is 9.50. The van der Waals surface area contributed by atoms with Crippen LogP contribution in [0.3, 0.4) is 0 Å². The summed E-state index contributed by atoms with van der Waals surface area (Å²) in [6.07, 6.45) is 2.38. The van der Waals surface area contributed by atoms with Gasteiger partial charge in [0, 0.05) is 26.7 Å². The van der Waals surface area contributed by atoms with Crippen LogP contribution in [0.5, 0.6) is 0 Å². The van der Waals surface area contributed by atoms with Crippen molar-refractivity contribution in [1.29, 1.82) is 0 Å². The molecular weight excluding hydrogens is 278 g/mol. The van der Waals surface area contributed by atoms with Crippen molar-refractivity contribution in [2.75, 3.05) is 36.9 Å². The fraction of sp³-hybridized carbons (Fsp3) is 0.615. The van der Waals surface area contributed by atoms with Gasteiger partial charge in [0.15, 0.2) is 5.82 Å². The Balaban J connectivity index is 2.21. The number of rotatable bonds is 4. The molecule has 0 radical (unpaired) electrons. The van der Waals surface area contributed by atoms with E-state index in [0.717, 1.165) is 19.5 Å². The molecule has 7 heteroatoms. The maximum Gasteiger partial charge on any atom is 0.227 e. The second kappa shape index (κ2) is 5.83. The van der Waals surface area contributed by atoms with Crippen LogP contribution in [0, 0.1) is 5.41 Å². The van der Waals surface area contributed by atoms with E-state index in [2.05, 4.69) is 20.6 Å². The Kier molecular flexibility index (Phi) is 4.32. The number of anilines is 2. The standard InChI is InChI=1S/C13H20ClN5O/c1-4-16-12-17-7-9(14)10(18-12)19-6-5-13(2,8-19)11(20)15-3/h7H,4-6,8H2,1-3H3,(H,15,20)(H,16,17,18). The van der Waals surface area contributed by atoms with Gasteiger partial charge in [0.2, 0.25) is 11.9 Å². The zero-order chi connectivity index (χ0) is 14.8. The molecule has 1 atom stereocenters. The Hall–Kier alpha value is -1.56. The van der Waals surface area contributed by atoms with E-state index in [1.165, 1.54) is 0 Å². The van der Waals surface area contributed by atoms with Gasteiger partial charge >= 0.3 is 0 Å². The topological polar surface area (TPSA) is 70.2 Å². The highest BCUT2D eigenvalue weighted by molar-refractivity contribution is 6.32. The maximum atomic E-state index is 12.0. The predicted molar refractivity (Wildman–Crippen MR) is 80.2 cm³/mol. The van der Waals surface area contributed by atoms with E-state index in [0.29, 0.717) is 23.3 Å². The van der Waals surface area contributed by atoms with Gasteiger partial charge in [-0.2, -0.15) is 4.98 Å². The summed E-state index contributed by atoms with van der Waals surface area (Å²) in [5.41, 5.74) is -0.401. The van der Waals surface area contributed by atoms with E-state index >= 15 is 0 Å². The molecule has 1 aliphatic rings. The monoisotopic (exact) mass is 297 g/mol. The lowest BCUT2D eigenvalue weighted by atomic mass is 9.89. The molecular formula is C13H20ClN5O. The van der Waals surface area contributed by atoms with Crippen LogP contribution in [0.15, 0.2) is 6.20 Å². The van der Waals surface area contributed by atoms with Crippen LogP contribution in [-0.2, 0) is 4.79 Å². The molecule has 0 aliphatic carbocycles. The van der Waals surface area contributed by atoms with Crippen LogP contribution in [0.4, 0.5) is 11.8 Å². The van der Waals surface area contributed by atoms with Crippen LogP contribution in [-0.4, -0.2) is 42.6 Å². The second-order valence-corrected chi connectivity index (χ2v) is 5.61. The van der Waals surface area contributed by atoms with E-state index in [9.17, 15) is 4.79 Å². The Morgan fingerprint density at radius 2 is 2.35 bits per heavy atom. The van der Waals surface area contributed by atoms with Crippen LogP contribution in [0.25, 0.3) is 0 Å². The summed E-state index contributed by atoms with van der Waals surface area (Å²) in [5.74, 6) is 1.29. The number of amides is 1. The molecule has 1 aliphatic heterocycles. The minimum Gasteiger partial charge on any atom is -0.359 e. The molecule has 1 fully saturated rings. The molecule has 1 aromatic rings. The lowest BCUT2D eigenvalue weighted by Gasteiger charge is -2.23. The summed E-state index contributed by atoms with van der Waals surface area (Å²) in [7, 11) is 1.66. The van der Waals surface area contributed by atoms with Crippen molar-refractivity contribution in [3.8, 4) is 0 Å². The van der Waals surface area contributed by atoms with Gasteiger partial charge in [-0.05, 0) is 20.3 Å². The van der Waals surface area contributed by atoms with Gasteiger partial charge in [0.25, 0.3) is 0 Å². The third-order valence-corrected chi connectivity index (χ3v) is 3.88. The SMILES string of the molecule is CCNc1ncc(Cl)c(N2CCC(C)(C(=O)NC)C2)n1. The van der Waals surface area contributed by atoms with Gasteiger partial charge in [-0.1, -0.05) is 11.6 Å². The first-order valence-corrected chi connectivity index (χ1v) is 7.11. The predicted octanol–water partition coefficient (Wildman–Crippen LogP) is 1.52. The van der Waals surface area contributed by atoms with Crippen molar-refractivity contribution in [2.24, 2.45) is 5.41 Å². The largest absolute Gasteiger partial charge is 0.359 e. The Labute approximate surface area is 123 Å². The van der Waals surface area contributed by atoms with Gasteiger partial charge in [-0.25, -0.2) is 4.98 Å². The number of nitrogens with zero attached hydrogens (tertiary/aromatic N) is 3. The molecule has 0 bridgehead atoms. The molecule has 2 N–H and O–H groups in total. The lowest BCUT2D eigenvalue weighted by molar-refractivity contribution is -0.128. The molecule has 1 unspecified atom stereocenters. The number of hydrogen-bond acceptors (Lipinski definition) is 5. The number of nitrogens with one attached hydrogen (secondary N) is 2. The summed E-state index contributed by atoms with van der Waals surface area (Å²) >= 11 is 6.19. The normalized spacial score (nSPS) is 21.9. The molecule has 2 rings (SSSR count). The van der Waals surface area contributed by atoms with E-state index in [1.807, 2.05) is 18.7 Å². The van der Waals surface area contributed by atoms with Crippen molar-refractivity contribution in [3.63, 3.8) is 0 Å². The Morgan fingerprint density at radius 3 is 3.00 bits per heavy atom. The zero-order valence-corrected chi connectivity index (χ0v) is 12.8. The fourth-order valence-electron chi connectivity index (χ4n) is 2.45. The van der Waals surface area contributed by atoms with Crippen LogP contribution in [0.1, 0.15) is 20.3 Å². The minimum absolute atomic E-state index is 0.0529. The first kappa shape index (κ1) is 14.8. The molecule has 1 aromatic heterocycles. The molecule has 6 nitrogen and oxygen atoms in total. The van der Waals surface area contributed by atoms with E-state index < -0.39 is 5.41 Å². The molecule has 0 spiro atoms. The molecule has 20 heavy (non-hydrogen) atoms. The van der Waals surface area contributed by atoms with E-state index in [1.54, 1.807) is 13.2 Å². The van der Waals surface area contributed by atoms with Gasteiger partial charge in [-0.3, -0.25) is 4.79 Å². The minimum atomic E-state index is -0.401. The summed E-state index contributed by atoms with van der Waals surface area (Å²) in [6, 6.07) is 0. The number of carbonyl (C=O) groups is 1. The van der Waals surface area contributed by atoms with Crippen molar-refractivity contribution in [1.82, 2.24) is 15.3 Å². The highest BCUT2D eigenvalue weighted by atomic mass is 35.5. The quantitative estimate of drug-likeness (QED) is 0.882. The van der Waals surface area contributed by atoms with Gasteiger partial charge in [-0.15, -0.1) is 0 Å². The van der Waals surface area contributed by atoms with E-state index in [4.69, 9.17) is 11.6 Å². The fourth-order valence-corrected chi connectivity index (χ4v) is 2.66. The van der Waals surface area contributed by atoms with Crippen molar-refractivity contribution in [2.45, 2.75) is 20.3 Å². The zero-order valence-electron chi connectivity index (χ0n) is 12.0. The van der Waals surface area contributed by atoms with Crippen molar-refractivity contribution in [3.05, 3.63) is 11.2 Å². The number of aromatic nitrogens is 2. The van der Waals surface area contributed by atoms with Crippen LogP contribution < -0.4 is 15.5 Å². The Bertz CT molecular complexity index is 510. The smallest absolute Gasteiger partial charge is 0.227 e. The van der Waals surface area contributed by atoms with Crippen LogP contribution in [0.2, 0.25) is 5.02 Å². The number of carbonyl (C=O) groups excluding carboxylic acids is 1. The van der Waals surface area contributed by atoms with Gasteiger partial charge in [0.05, 0.1) is 11.6 Å². The van der Waals surface area contributed by atoms with Gasteiger partial charge in [0.1, 0.15) is 5.02 Å². The van der Waals surface area contributed by atoms with E-state index in [-0.39, 0.29) is 5.91 Å². The molecule has 2 heterocycles. The molecule has 1 amide bonds. The first-order valence-electron chi connectivity index (χ1n) is 6.73. The number of halogens is 1. The summed E-state index contributed by atoms with van der Waals surface area (Å²) in [6.45, 7) is 6.06. The summed E-state index contributed by atoms with van der Waals surface area (Å²) in [5, 5.41) is 6.30. The highest BCUT2D eigenvalue weighted by Crippen LogP contribution is 2.35. The molecule has 1 saturated heterocycles. The highest BCUT2D eigenvalue weighted by Gasteiger charge is 2.40. The third-order valence-electron chi connectivity index (χ3n) is 3.61. The summed E-state index contributed by atoms with van der Waals surface area (Å²) in [4.78, 5) is 22.6. The maximum absolute atomic E-state index is 12.0. The third kappa shape index (κ3) is 2.80. The summed E-state index contributed by atoms with van der Waals surface area (Å²) < 4.78 is 0. The van der Waals surface area contributed by atoms with Gasteiger partial charge < -0.3 is 15.5 Å². The average Bonchev–Trinajstić information content (AvgIpc) is 2.84. The molecule has 0 aromatic carbocycles. The van der Waals surface area contributed by atoms with Crippen LogP contribution >= 0.6 is 11.6 Å². The molecule has 110 valence electrons. The second-order valence-electron chi connectivity index (χ2n) is 5.21. The average molecular weight is 298 g/mol. The number of hydrogen-bond donors (Lipinski definition) is 2.